The maximum atomic E-state index is 10.7. The van der Waals surface area contributed by atoms with Crippen molar-refractivity contribution in [1.82, 2.24) is 0 Å². The van der Waals surface area contributed by atoms with E-state index >= 15 is 0 Å². The standard InChI is InChI=1S/C15H28O/c1-3-4-5-6-7-8-9-10-11-12-13-14-15(2)16/h10-11H,3-9,12-14H2,1-2H3. The highest BCUT2D eigenvalue weighted by Crippen LogP contribution is 2.07. The first kappa shape index (κ1) is 15.4. The van der Waals surface area contributed by atoms with Crippen molar-refractivity contribution in [1.29, 1.82) is 0 Å². The number of rotatable bonds is 11. The first-order chi connectivity index (χ1) is 7.77. The van der Waals surface area contributed by atoms with Crippen LogP contribution in [0.25, 0.3) is 0 Å². The second kappa shape index (κ2) is 12.5. The Bertz CT molecular complexity index is 182. The molecule has 0 aliphatic heterocycles. The smallest absolute Gasteiger partial charge is 0.129 e. The second-order valence-electron chi connectivity index (χ2n) is 4.62. The predicted octanol–water partition coefficient (Wildman–Crippen LogP) is 5.05. The van der Waals surface area contributed by atoms with Gasteiger partial charge in [-0.1, -0.05) is 51.2 Å². The van der Waals surface area contributed by atoms with Crippen molar-refractivity contribution in [2.75, 3.05) is 0 Å². The molecule has 0 aliphatic carbocycles. The average molecular weight is 224 g/mol. The zero-order chi connectivity index (χ0) is 12.1. The molecule has 1 nitrogen and oxygen atoms in total. The third-order valence-corrected chi connectivity index (χ3v) is 2.79. The van der Waals surface area contributed by atoms with E-state index in [9.17, 15) is 4.79 Å². The molecule has 1 heteroatoms. The van der Waals surface area contributed by atoms with E-state index in [1.807, 2.05) is 0 Å². The van der Waals surface area contributed by atoms with Gasteiger partial charge in [-0.2, -0.15) is 0 Å². The molecule has 0 heterocycles. The second-order valence-corrected chi connectivity index (χ2v) is 4.62. The van der Waals surface area contributed by atoms with Gasteiger partial charge in [-0.25, -0.2) is 0 Å². The van der Waals surface area contributed by atoms with Crippen molar-refractivity contribution in [2.24, 2.45) is 0 Å². The highest BCUT2D eigenvalue weighted by molar-refractivity contribution is 5.75. The van der Waals surface area contributed by atoms with Gasteiger partial charge >= 0.3 is 0 Å². The minimum atomic E-state index is 0.310. The number of hydrogen-bond donors (Lipinski definition) is 0. The summed E-state index contributed by atoms with van der Waals surface area (Å²) in [4.78, 5) is 10.7. The van der Waals surface area contributed by atoms with E-state index in [0.29, 0.717) is 5.78 Å². The fourth-order valence-corrected chi connectivity index (χ4v) is 1.75. The summed E-state index contributed by atoms with van der Waals surface area (Å²) in [6.07, 6.45) is 16.8. The molecule has 0 aromatic carbocycles. The summed E-state index contributed by atoms with van der Waals surface area (Å²) in [5.41, 5.74) is 0. The van der Waals surface area contributed by atoms with Gasteiger partial charge in [0, 0.05) is 6.42 Å². The van der Waals surface area contributed by atoms with Crippen LogP contribution in [-0.2, 0) is 4.79 Å². The number of ketones is 1. The van der Waals surface area contributed by atoms with Crippen molar-refractivity contribution in [3.8, 4) is 0 Å². The first-order valence-corrected chi connectivity index (χ1v) is 6.91. The molecule has 0 amide bonds. The van der Waals surface area contributed by atoms with Crippen LogP contribution in [0.5, 0.6) is 0 Å². The number of unbranched alkanes of at least 4 members (excludes halogenated alkanes) is 7. The molecule has 0 aromatic rings. The molecule has 0 aromatic heterocycles. The molecule has 0 unspecified atom stereocenters. The van der Waals surface area contributed by atoms with Gasteiger partial charge in [0.05, 0.1) is 0 Å². The van der Waals surface area contributed by atoms with E-state index in [-0.39, 0.29) is 0 Å². The lowest BCUT2D eigenvalue weighted by Crippen LogP contribution is -1.87. The highest BCUT2D eigenvalue weighted by Gasteiger charge is 1.90. The van der Waals surface area contributed by atoms with Crippen LogP contribution in [0.15, 0.2) is 12.2 Å². The summed E-state index contributed by atoms with van der Waals surface area (Å²) in [7, 11) is 0. The van der Waals surface area contributed by atoms with Crippen LogP contribution in [0.3, 0.4) is 0 Å². The normalized spacial score (nSPS) is 11.1. The number of carbonyl (C=O) groups is 1. The van der Waals surface area contributed by atoms with Gasteiger partial charge in [-0.05, 0) is 32.6 Å². The lowest BCUT2D eigenvalue weighted by atomic mass is 10.1. The zero-order valence-corrected chi connectivity index (χ0v) is 11.1. The lowest BCUT2D eigenvalue weighted by molar-refractivity contribution is -0.117. The first-order valence-electron chi connectivity index (χ1n) is 6.91. The Labute approximate surface area is 101 Å². The molecule has 0 rings (SSSR count). The monoisotopic (exact) mass is 224 g/mol. The largest absolute Gasteiger partial charge is 0.300 e. The predicted molar refractivity (Wildman–Crippen MR) is 71.7 cm³/mol. The zero-order valence-electron chi connectivity index (χ0n) is 11.1. The molecule has 16 heavy (non-hydrogen) atoms. The minimum Gasteiger partial charge on any atom is -0.300 e. The Balaban J connectivity index is 3.06. The van der Waals surface area contributed by atoms with Gasteiger partial charge in [0.15, 0.2) is 0 Å². The molecule has 0 spiro atoms. The van der Waals surface area contributed by atoms with Gasteiger partial charge in [0.25, 0.3) is 0 Å². The van der Waals surface area contributed by atoms with Crippen LogP contribution in [-0.4, -0.2) is 5.78 Å². The highest BCUT2D eigenvalue weighted by atomic mass is 16.1. The van der Waals surface area contributed by atoms with Crippen LogP contribution in [0.1, 0.15) is 78.1 Å². The van der Waals surface area contributed by atoms with Crippen LogP contribution in [0.4, 0.5) is 0 Å². The SMILES string of the molecule is CCCCCCCCC=CCCCC(C)=O. The van der Waals surface area contributed by atoms with E-state index in [2.05, 4.69) is 19.1 Å². The number of hydrogen-bond acceptors (Lipinski definition) is 1. The van der Waals surface area contributed by atoms with Crippen molar-refractivity contribution < 1.29 is 4.79 Å². The molecule has 94 valence electrons. The molecule has 0 atom stereocenters. The fourth-order valence-electron chi connectivity index (χ4n) is 1.75. The molecule has 0 aliphatic rings. The van der Waals surface area contributed by atoms with Gasteiger partial charge in [-0.3, -0.25) is 0 Å². The Morgan fingerprint density at radius 2 is 1.44 bits per heavy atom. The third-order valence-electron chi connectivity index (χ3n) is 2.79. The van der Waals surface area contributed by atoms with Crippen LogP contribution >= 0.6 is 0 Å². The fraction of sp³-hybridized carbons (Fsp3) is 0.800. The Hall–Kier alpha value is -0.590. The summed E-state index contributed by atoms with van der Waals surface area (Å²) in [6, 6.07) is 0. The summed E-state index contributed by atoms with van der Waals surface area (Å²) in [6.45, 7) is 3.92. The van der Waals surface area contributed by atoms with Crippen molar-refractivity contribution in [3.63, 3.8) is 0 Å². The summed E-state index contributed by atoms with van der Waals surface area (Å²) >= 11 is 0. The maximum absolute atomic E-state index is 10.7. The van der Waals surface area contributed by atoms with Crippen molar-refractivity contribution in [3.05, 3.63) is 12.2 Å². The third kappa shape index (κ3) is 13.4. The maximum Gasteiger partial charge on any atom is 0.129 e. The topological polar surface area (TPSA) is 17.1 Å². The van der Waals surface area contributed by atoms with Gasteiger partial charge in [0.1, 0.15) is 5.78 Å². The van der Waals surface area contributed by atoms with Crippen LogP contribution in [0.2, 0.25) is 0 Å². The van der Waals surface area contributed by atoms with Crippen LogP contribution < -0.4 is 0 Å². The molecule has 0 N–H and O–H groups in total. The van der Waals surface area contributed by atoms with Crippen LogP contribution in [0, 0.1) is 0 Å². The van der Waals surface area contributed by atoms with E-state index in [1.54, 1.807) is 6.92 Å². The average Bonchev–Trinajstić information content (AvgIpc) is 2.25. The summed E-state index contributed by atoms with van der Waals surface area (Å²) in [5, 5.41) is 0. The number of Topliss-reactive ketones (excluding diaryl/α,β-unsaturated/α-hetero) is 1. The molecule has 0 fully saturated rings. The van der Waals surface area contributed by atoms with Gasteiger partial charge in [-0.15, -0.1) is 0 Å². The Morgan fingerprint density at radius 3 is 2.06 bits per heavy atom. The Kier molecular flexibility index (Phi) is 12.0. The minimum absolute atomic E-state index is 0.310. The molecule has 0 bridgehead atoms. The van der Waals surface area contributed by atoms with Crippen molar-refractivity contribution in [2.45, 2.75) is 78.1 Å². The van der Waals surface area contributed by atoms with E-state index < -0.39 is 0 Å². The van der Waals surface area contributed by atoms with Gasteiger partial charge in [0.2, 0.25) is 0 Å². The molecular weight excluding hydrogens is 196 g/mol. The Morgan fingerprint density at radius 1 is 0.875 bits per heavy atom. The molecule has 0 radical (unpaired) electrons. The summed E-state index contributed by atoms with van der Waals surface area (Å²) < 4.78 is 0. The van der Waals surface area contributed by atoms with E-state index in [4.69, 9.17) is 0 Å². The quantitative estimate of drug-likeness (QED) is 0.354. The number of allylic oxidation sites excluding steroid dienone is 2. The van der Waals surface area contributed by atoms with Crippen molar-refractivity contribution >= 4 is 5.78 Å². The molecule has 0 saturated carbocycles. The summed E-state index contributed by atoms with van der Waals surface area (Å²) in [5.74, 6) is 0.310. The van der Waals surface area contributed by atoms with E-state index in [1.165, 1.54) is 44.9 Å². The number of carbonyl (C=O) groups excluding carboxylic acids is 1. The molecule has 0 saturated heterocycles. The lowest BCUT2D eigenvalue weighted by Gasteiger charge is -1.97. The molecular formula is C15H28O. The van der Waals surface area contributed by atoms with Gasteiger partial charge < -0.3 is 4.79 Å². The van der Waals surface area contributed by atoms with E-state index in [0.717, 1.165) is 19.3 Å².